The Morgan fingerprint density at radius 3 is 1.57 bits per heavy atom. The standard InChI is InChI=1S/C37H27N7O8S2/c38-23-7-9-25-22(18-23)6-12-35(37(25)46)44-42-33-16-15-32(28-10-8-24(19-29(28)33)53(47,48)49)40-39-30-13-14-31(27-4-2-1-3-26(27)30)41-43-34-11-5-21(20-45)17-36(34)54(50,51)52/h1-19,45-46H,20,38H2,(H,47,48,49)(H,50,51,52). The quantitative estimate of drug-likeness (QED) is 0.0532. The van der Waals surface area contributed by atoms with Crippen molar-refractivity contribution in [2.45, 2.75) is 16.4 Å². The number of aliphatic hydroxyl groups excluding tert-OH is 1. The summed E-state index contributed by atoms with van der Waals surface area (Å²) in [5, 5.41) is 49.2. The van der Waals surface area contributed by atoms with Crippen LogP contribution in [0.3, 0.4) is 0 Å². The van der Waals surface area contributed by atoms with Gasteiger partial charge in [-0.05, 0) is 83.7 Å². The monoisotopic (exact) mass is 761 g/mol. The van der Waals surface area contributed by atoms with Crippen LogP contribution < -0.4 is 5.73 Å². The number of anilines is 1. The van der Waals surface area contributed by atoms with Crippen molar-refractivity contribution < 1.29 is 36.2 Å². The van der Waals surface area contributed by atoms with Crippen LogP contribution in [0.1, 0.15) is 5.56 Å². The highest BCUT2D eigenvalue weighted by atomic mass is 32.2. The van der Waals surface area contributed by atoms with E-state index in [0.717, 1.165) is 6.07 Å². The number of hydrogen-bond acceptors (Lipinski definition) is 13. The Morgan fingerprint density at radius 1 is 0.500 bits per heavy atom. The molecule has 0 aromatic heterocycles. The Hall–Kier alpha value is -6.50. The van der Waals surface area contributed by atoms with Crippen molar-refractivity contribution in [2.24, 2.45) is 30.7 Å². The zero-order valence-corrected chi connectivity index (χ0v) is 29.3. The van der Waals surface area contributed by atoms with Crippen LogP contribution in [0.15, 0.2) is 156 Å². The van der Waals surface area contributed by atoms with Crippen molar-refractivity contribution in [2.75, 3.05) is 5.73 Å². The van der Waals surface area contributed by atoms with E-state index in [4.69, 9.17) is 5.73 Å². The summed E-state index contributed by atoms with van der Waals surface area (Å²) in [5.41, 5.74) is 8.01. The predicted octanol–water partition coefficient (Wildman–Crippen LogP) is 9.67. The van der Waals surface area contributed by atoms with Crippen molar-refractivity contribution in [1.82, 2.24) is 0 Å². The molecule has 0 bridgehead atoms. The van der Waals surface area contributed by atoms with Gasteiger partial charge in [0, 0.05) is 32.6 Å². The first-order chi connectivity index (χ1) is 25.8. The number of nitrogens with two attached hydrogens (primary N) is 1. The number of nitrogen functional groups attached to an aromatic ring is 1. The number of rotatable bonds is 9. The first kappa shape index (κ1) is 35.9. The lowest BCUT2D eigenvalue weighted by atomic mass is 10.1. The first-order valence-corrected chi connectivity index (χ1v) is 18.7. The van der Waals surface area contributed by atoms with E-state index in [1.54, 1.807) is 78.9 Å². The molecule has 0 spiro atoms. The summed E-state index contributed by atoms with van der Waals surface area (Å²) in [7, 11) is -9.26. The SMILES string of the molecule is Nc1ccc2c(O)c(N=Nc3ccc(N=Nc4ccc(N=Nc5ccc(CO)cc5S(=O)(=O)O)c5ccccc45)c4ccc(S(=O)(=O)O)cc34)ccc2c1. The summed E-state index contributed by atoms with van der Waals surface area (Å²) in [4.78, 5) is -0.885. The van der Waals surface area contributed by atoms with Crippen molar-refractivity contribution in [3.05, 3.63) is 121 Å². The van der Waals surface area contributed by atoms with E-state index in [1.807, 2.05) is 0 Å². The molecule has 54 heavy (non-hydrogen) atoms. The normalized spacial score (nSPS) is 12.6. The van der Waals surface area contributed by atoms with Gasteiger partial charge >= 0.3 is 0 Å². The maximum atomic E-state index is 12.1. The predicted molar refractivity (Wildman–Crippen MR) is 202 cm³/mol. The molecule has 0 fully saturated rings. The van der Waals surface area contributed by atoms with Gasteiger partial charge in [-0.15, -0.1) is 30.7 Å². The molecule has 15 nitrogen and oxygen atoms in total. The van der Waals surface area contributed by atoms with Crippen molar-refractivity contribution >= 4 is 92.4 Å². The molecule has 0 aliphatic heterocycles. The van der Waals surface area contributed by atoms with E-state index in [0.29, 0.717) is 49.7 Å². The molecule has 7 aromatic rings. The van der Waals surface area contributed by atoms with Gasteiger partial charge in [0.2, 0.25) is 0 Å². The van der Waals surface area contributed by atoms with Gasteiger partial charge in [-0.3, -0.25) is 9.11 Å². The number of phenolic OH excluding ortho intramolecular Hbond substituents is 1. The highest BCUT2D eigenvalue weighted by Crippen LogP contribution is 2.41. The van der Waals surface area contributed by atoms with Gasteiger partial charge in [0.15, 0.2) is 5.75 Å². The molecule has 17 heteroatoms. The number of fused-ring (bicyclic) bond motifs is 3. The molecule has 0 aliphatic rings. The Morgan fingerprint density at radius 2 is 1.00 bits per heavy atom. The second-order valence-corrected chi connectivity index (χ2v) is 14.7. The van der Waals surface area contributed by atoms with Crippen LogP contribution in [0, 0.1) is 0 Å². The molecule has 0 aliphatic carbocycles. The third-order valence-electron chi connectivity index (χ3n) is 8.39. The number of azo groups is 3. The van der Waals surface area contributed by atoms with E-state index >= 15 is 0 Å². The molecule has 0 saturated heterocycles. The molecule has 0 atom stereocenters. The Bertz CT molecular complexity index is 2970. The molecule has 0 unspecified atom stereocenters. The average molecular weight is 762 g/mol. The first-order valence-electron chi connectivity index (χ1n) is 15.8. The summed E-state index contributed by atoms with van der Waals surface area (Å²) < 4.78 is 67.6. The van der Waals surface area contributed by atoms with Crippen molar-refractivity contribution in [1.29, 1.82) is 0 Å². The zero-order chi connectivity index (χ0) is 38.2. The highest BCUT2D eigenvalue weighted by molar-refractivity contribution is 7.86. The number of nitrogens with zero attached hydrogens (tertiary/aromatic N) is 6. The average Bonchev–Trinajstić information content (AvgIpc) is 3.15. The van der Waals surface area contributed by atoms with E-state index < -0.39 is 31.7 Å². The Balaban J connectivity index is 1.26. The van der Waals surface area contributed by atoms with E-state index in [-0.39, 0.29) is 38.7 Å². The Kier molecular flexibility index (Phi) is 9.40. The molecular formula is C37H27N7O8S2. The lowest BCUT2D eigenvalue weighted by Crippen LogP contribution is -1.99. The minimum atomic E-state index is -4.67. The van der Waals surface area contributed by atoms with Gasteiger partial charge in [-0.1, -0.05) is 42.5 Å². The van der Waals surface area contributed by atoms with Crippen molar-refractivity contribution in [3.63, 3.8) is 0 Å². The van der Waals surface area contributed by atoms with Crippen LogP contribution in [0.4, 0.5) is 39.8 Å². The van der Waals surface area contributed by atoms with Crippen LogP contribution in [-0.2, 0) is 26.8 Å². The summed E-state index contributed by atoms with van der Waals surface area (Å²) in [5.74, 6) is -0.121. The van der Waals surface area contributed by atoms with E-state index in [1.165, 1.54) is 30.3 Å². The molecule has 6 N–H and O–H groups in total. The minimum Gasteiger partial charge on any atom is -0.505 e. The molecule has 0 saturated carbocycles. The second kappa shape index (κ2) is 14.1. The van der Waals surface area contributed by atoms with Crippen molar-refractivity contribution in [3.8, 4) is 5.75 Å². The topological polar surface area (TPSA) is 249 Å². The summed E-state index contributed by atoms with van der Waals surface area (Å²) in [6.07, 6.45) is 0. The fourth-order valence-corrected chi connectivity index (χ4v) is 6.92. The summed E-state index contributed by atoms with van der Waals surface area (Å²) in [6.45, 7) is -0.439. The molecular weight excluding hydrogens is 735 g/mol. The van der Waals surface area contributed by atoms with Gasteiger partial charge in [0.05, 0.1) is 34.3 Å². The van der Waals surface area contributed by atoms with Crippen LogP contribution in [0.2, 0.25) is 0 Å². The molecule has 0 radical (unpaired) electrons. The number of aliphatic hydroxyl groups is 1. The number of phenols is 1. The van der Waals surface area contributed by atoms with Crippen LogP contribution in [0.25, 0.3) is 32.3 Å². The molecule has 7 rings (SSSR count). The van der Waals surface area contributed by atoms with Crippen LogP contribution in [0.5, 0.6) is 5.75 Å². The van der Waals surface area contributed by atoms with E-state index in [9.17, 15) is 36.2 Å². The maximum Gasteiger partial charge on any atom is 0.296 e. The lowest BCUT2D eigenvalue weighted by molar-refractivity contribution is 0.281. The van der Waals surface area contributed by atoms with Crippen LogP contribution in [-0.4, -0.2) is 36.2 Å². The fourth-order valence-electron chi connectivity index (χ4n) is 5.74. The number of benzene rings is 7. The molecule has 0 amide bonds. The van der Waals surface area contributed by atoms with Gasteiger partial charge in [0.1, 0.15) is 16.3 Å². The molecule has 270 valence electrons. The van der Waals surface area contributed by atoms with Crippen LogP contribution >= 0.6 is 0 Å². The Labute approximate surface area is 307 Å². The minimum absolute atomic E-state index is 0.121. The molecule has 0 heterocycles. The highest BCUT2D eigenvalue weighted by Gasteiger charge is 2.18. The summed E-state index contributed by atoms with van der Waals surface area (Å²) in [6, 6.07) is 29.6. The van der Waals surface area contributed by atoms with Gasteiger partial charge < -0.3 is 15.9 Å². The second-order valence-electron chi connectivity index (χ2n) is 11.9. The van der Waals surface area contributed by atoms with Gasteiger partial charge in [-0.2, -0.15) is 16.8 Å². The number of hydrogen-bond donors (Lipinski definition) is 5. The zero-order valence-electron chi connectivity index (χ0n) is 27.7. The summed E-state index contributed by atoms with van der Waals surface area (Å²) >= 11 is 0. The third-order valence-corrected chi connectivity index (χ3v) is 10.1. The lowest BCUT2D eigenvalue weighted by Gasteiger charge is -2.08. The number of aromatic hydroxyl groups is 1. The smallest absolute Gasteiger partial charge is 0.296 e. The van der Waals surface area contributed by atoms with Gasteiger partial charge in [-0.25, -0.2) is 0 Å². The fraction of sp³-hybridized carbons (Fsp3) is 0.0270. The molecule has 7 aromatic carbocycles. The third kappa shape index (κ3) is 7.25. The maximum absolute atomic E-state index is 12.1. The van der Waals surface area contributed by atoms with Gasteiger partial charge in [0.25, 0.3) is 20.2 Å². The van der Waals surface area contributed by atoms with E-state index in [2.05, 4.69) is 30.7 Å². The largest absolute Gasteiger partial charge is 0.505 e.